The minimum Gasteiger partial charge on any atom is -0.504 e. The number of halogens is 2. The fraction of sp³-hybridized carbons (Fsp3) is 0.222. The van der Waals surface area contributed by atoms with E-state index < -0.39 is 17.5 Å². The summed E-state index contributed by atoms with van der Waals surface area (Å²) in [5.41, 5.74) is 0.437. The first kappa shape index (κ1) is 9.27. The van der Waals surface area contributed by atoms with Gasteiger partial charge in [0.25, 0.3) is 5.91 Å². The second kappa shape index (κ2) is 2.85. The normalized spacial score (nSPS) is 14.8. The zero-order chi connectivity index (χ0) is 10.5. The van der Waals surface area contributed by atoms with Crippen LogP contribution >= 0.6 is 11.6 Å². The highest BCUT2D eigenvalue weighted by Crippen LogP contribution is 2.35. The first-order valence-corrected chi connectivity index (χ1v) is 4.35. The van der Waals surface area contributed by atoms with Gasteiger partial charge in [-0.2, -0.15) is 0 Å². The minimum atomic E-state index is -0.929. The van der Waals surface area contributed by atoms with Crippen molar-refractivity contribution in [2.24, 2.45) is 0 Å². The van der Waals surface area contributed by atoms with Gasteiger partial charge in [-0.25, -0.2) is 4.39 Å². The Labute approximate surface area is 84.7 Å². The quantitative estimate of drug-likeness (QED) is 0.717. The summed E-state index contributed by atoms with van der Waals surface area (Å²) in [4.78, 5) is 12.8. The first-order valence-electron chi connectivity index (χ1n) is 3.97. The predicted octanol–water partition coefficient (Wildman–Crippen LogP) is 1.77. The largest absolute Gasteiger partial charge is 0.504 e. The number of aromatic hydroxyl groups is 1. The number of rotatable bonds is 0. The molecule has 0 saturated heterocycles. The Hall–Kier alpha value is -1.29. The molecule has 0 spiro atoms. The average Bonchev–Trinajstić information content (AvgIpc) is 2.39. The number of phenols is 1. The molecular weight excluding hydrogens is 209 g/mol. The van der Waals surface area contributed by atoms with Crippen molar-refractivity contribution in [3.05, 3.63) is 28.0 Å². The van der Waals surface area contributed by atoms with E-state index >= 15 is 0 Å². The summed E-state index contributed by atoms with van der Waals surface area (Å²) < 4.78 is 13.4. The third kappa shape index (κ3) is 1.07. The smallest absolute Gasteiger partial charge is 0.257 e. The fourth-order valence-electron chi connectivity index (χ4n) is 1.53. The molecule has 0 saturated carbocycles. The molecule has 1 aromatic rings. The number of fused-ring (bicyclic) bond motifs is 1. The lowest BCUT2D eigenvalue weighted by atomic mass is 10.1. The Bertz CT molecular complexity index is 433. The van der Waals surface area contributed by atoms with E-state index in [1.54, 1.807) is 7.05 Å². The van der Waals surface area contributed by atoms with Crippen LogP contribution in [0.15, 0.2) is 6.07 Å². The van der Waals surface area contributed by atoms with Crippen molar-refractivity contribution in [1.29, 1.82) is 0 Å². The molecule has 3 nitrogen and oxygen atoms in total. The molecule has 5 heteroatoms. The van der Waals surface area contributed by atoms with Crippen LogP contribution in [-0.2, 0) is 6.54 Å². The summed E-state index contributed by atoms with van der Waals surface area (Å²) in [6.45, 7) is 0.324. The molecule has 0 aliphatic carbocycles. The van der Waals surface area contributed by atoms with Gasteiger partial charge in [-0.15, -0.1) is 0 Å². The number of phenolic OH excluding ortho intramolecular Hbond substituents is 1. The van der Waals surface area contributed by atoms with Crippen LogP contribution < -0.4 is 0 Å². The number of carbonyl (C=O) groups excluding carboxylic acids is 1. The van der Waals surface area contributed by atoms with E-state index in [-0.39, 0.29) is 10.6 Å². The van der Waals surface area contributed by atoms with Crippen LogP contribution in [0.25, 0.3) is 0 Å². The maximum absolute atomic E-state index is 13.4. The van der Waals surface area contributed by atoms with Gasteiger partial charge >= 0.3 is 0 Å². The molecule has 14 heavy (non-hydrogen) atoms. The third-order valence-corrected chi connectivity index (χ3v) is 2.53. The van der Waals surface area contributed by atoms with Crippen molar-refractivity contribution in [3.63, 3.8) is 0 Å². The molecule has 0 radical (unpaired) electrons. The molecule has 1 aliphatic heterocycles. The van der Waals surface area contributed by atoms with Crippen molar-refractivity contribution in [3.8, 4) is 5.75 Å². The second-order valence-corrected chi connectivity index (χ2v) is 3.62. The number of amides is 1. The molecule has 1 heterocycles. The van der Waals surface area contributed by atoms with Crippen LogP contribution in [0.4, 0.5) is 4.39 Å². The highest BCUT2D eigenvalue weighted by atomic mass is 35.5. The zero-order valence-electron chi connectivity index (χ0n) is 7.34. The highest BCUT2D eigenvalue weighted by molar-refractivity contribution is 6.32. The van der Waals surface area contributed by atoms with Crippen LogP contribution in [0, 0.1) is 5.82 Å². The van der Waals surface area contributed by atoms with Gasteiger partial charge in [0.05, 0.1) is 10.6 Å². The predicted molar refractivity (Wildman–Crippen MR) is 48.9 cm³/mol. The van der Waals surface area contributed by atoms with Crippen LogP contribution in [0.3, 0.4) is 0 Å². The van der Waals surface area contributed by atoms with Gasteiger partial charge in [0.15, 0.2) is 11.6 Å². The van der Waals surface area contributed by atoms with Gasteiger partial charge in [-0.05, 0) is 11.6 Å². The van der Waals surface area contributed by atoms with Crippen LogP contribution in [0.5, 0.6) is 5.75 Å². The molecule has 1 aromatic carbocycles. The molecular formula is C9H7ClFNO2. The van der Waals surface area contributed by atoms with Crippen molar-refractivity contribution in [2.75, 3.05) is 7.05 Å². The average molecular weight is 216 g/mol. The van der Waals surface area contributed by atoms with Gasteiger partial charge in [0, 0.05) is 13.6 Å². The van der Waals surface area contributed by atoms with E-state index in [1.165, 1.54) is 11.0 Å². The lowest BCUT2D eigenvalue weighted by molar-refractivity contribution is 0.0812. The van der Waals surface area contributed by atoms with Crippen molar-refractivity contribution in [1.82, 2.24) is 4.90 Å². The summed E-state index contributed by atoms with van der Waals surface area (Å²) in [5, 5.41) is 9.13. The number of benzene rings is 1. The van der Waals surface area contributed by atoms with Crippen molar-refractivity contribution >= 4 is 17.5 Å². The number of hydrogen-bond acceptors (Lipinski definition) is 2. The van der Waals surface area contributed by atoms with Crippen LogP contribution in [0.2, 0.25) is 5.02 Å². The Balaban J connectivity index is 2.71. The molecule has 0 aromatic heterocycles. The first-order chi connectivity index (χ1) is 6.52. The molecule has 1 N–H and O–H groups in total. The Morgan fingerprint density at radius 1 is 1.64 bits per heavy atom. The highest BCUT2D eigenvalue weighted by Gasteiger charge is 2.30. The summed E-state index contributed by atoms with van der Waals surface area (Å²) >= 11 is 5.57. The van der Waals surface area contributed by atoms with E-state index in [1.807, 2.05) is 0 Å². The number of hydrogen-bond donors (Lipinski definition) is 1. The molecule has 0 atom stereocenters. The van der Waals surface area contributed by atoms with Gasteiger partial charge in [-0.1, -0.05) is 11.6 Å². The van der Waals surface area contributed by atoms with E-state index in [0.29, 0.717) is 12.1 Å². The number of carbonyl (C=O) groups is 1. The topological polar surface area (TPSA) is 40.5 Å². The summed E-state index contributed by atoms with van der Waals surface area (Å²) in [5.74, 6) is -2.01. The molecule has 0 unspecified atom stereocenters. The lowest BCUT2D eigenvalue weighted by Crippen LogP contribution is -2.18. The van der Waals surface area contributed by atoms with E-state index in [4.69, 9.17) is 11.6 Å². The Morgan fingerprint density at radius 3 is 2.93 bits per heavy atom. The monoisotopic (exact) mass is 215 g/mol. The molecule has 0 fully saturated rings. The van der Waals surface area contributed by atoms with Gasteiger partial charge < -0.3 is 10.0 Å². The second-order valence-electron chi connectivity index (χ2n) is 3.22. The summed E-state index contributed by atoms with van der Waals surface area (Å²) in [7, 11) is 1.56. The van der Waals surface area contributed by atoms with Gasteiger partial charge in [-0.3, -0.25) is 4.79 Å². The van der Waals surface area contributed by atoms with Crippen LogP contribution in [-0.4, -0.2) is 23.0 Å². The molecule has 74 valence electrons. The minimum absolute atomic E-state index is 0.0654. The van der Waals surface area contributed by atoms with Crippen molar-refractivity contribution in [2.45, 2.75) is 6.54 Å². The third-order valence-electron chi connectivity index (χ3n) is 2.24. The lowest BCUT2D eigenvalue weighted by Gasteiger charge is -2.04. The SMILES string of the molecule is CN1Cc2cc(Cl)c(O)c(F)c2C1=O. The Kier molecular flexibility index (Phi) is 1.89. The standard InChI is InChI=1S/C9H7ClFNO2/c1-12-3-4-2-5(10)8(13)7(11)6(4)9(12)14/h2,13H,3H2,1H3. The Morgan fingerprint density at radius 2 is 2.29 bits per heavy atom. The molecule has 2 rings (SSSR count). The fourth-order valence-corrected chi connectivity index (χ4v) is 1.75. The molecule has 0 bridgehead atoms. The number of nitrogens with zero attached hydrogens (tertiary/aromatic N) is 1. The van der Waals surface area contributed by atoms with Gasteiger partial charge in [0.1, 0.15) is 0 Å². The summed E-state index contributed by atoms with van der Waals surface area (Å²) in [6.07, 6.45) is 0. The van der Waals surface area contributed by atoms with Crippen molar-refractivity contribution < 1.29 is 14.3 Å². The van der Waals surface area contributed by atoms with Gasteiger partial charge in [0.2, 0.25) is 0 Å². The zero-order valence-corrected chi connectivity index (χ0v) is 8.10. The van der Waals surface area contributed by atoms with E-state index in [2.05, 4.69) is 0 Å². The van der Waals surface area contributed by atoms with Crippen LogP contribution in [0.1, 0.15) is 15.9 Å². The molecule has 1 aliphatic rings. The maximum atomic E-state index is 13.4. The maximum Gasteiger partial charge on any atom is 0.257 e. The van der Waals surface area contributed by atoms with E-state index in [9.17, 15) is 14.3 Å². The summed E-state index contributed by atoms with van der Waals surface area (Å²) in [6, 6.07) is 1.41. The molecule has 1 amide bonds. The van der Waals surface area contributed by atoms with E-state index in [0.717, 1.165) is 0 Å².